The highest BCUT2D eigenvalue weighted by atomic mass is 32.2. The first kappa shape index (κ1) is 12.9. The number of hydrogen-bond acceptors (Lipinski definition) is 3. The number of nitrogens with two attached hydrogens (primary N) is 1. The molecule has 4 nitrogen and oxygen atoms in total. The van der Waals surface area contributed by atoms with Crippen LogP contribution in [0.3, 0.4) is 0 Å². The van der Waals surface area contributed by atoms with E-state index in [0.29, 0.717) is 25.6 Å². The first-order valence-electron chi connectivity index (χ1n) is 4.53. The minimum absolute atomic E-state index is 0.354. The van der Waals surface area contributed by atoms with Crippen molar-refractivity contribution >= 4 is 10.0 Å². The second kappa shape index (κ2) is 5.57. The van der Waals surface area contributed by atoms with E-state index in [1.54, 1.807) is 0 Å². The van der Waals surface area contributed by atoms with E-state index < -0.39 is 10.0 Å². The third-order valence-electron chi connectivity index (χ3n) is 1.65. The average Bonchev–Trinajstić information content (AvgIpc) is 1.95. The molecular formula is C8H20N2O2S. The van der Waals surface area contributed by atoms with Crippen LogP contribution in [0.4, 0.5) is 0 Å². The molecule has 0 aromatic heterocycles. The molecule has 0 aliphatic carbocycles. The Morgan fingerprint density at radius 2 is 1.92 bits per heavy atom. The fourth-order valence-electron chi connectivity index (χ4n) is 1.07. The van der Waals surface area contributed by atoms with Crippen LogP contribution in [0.5, 0.6) is 0 Å². The van der Waals surface area contributed by atoms with E-state index >= 15 is 0 Å². The van der Waals surface area contributed by atoms with Gasteiger partial charge in [-0.3, -0.25) is 0 Å². The summed E-state index contributed by atoms with van der Waals surface area (Å²) in [5.74, 6) is 0.354. The molecule has 80 valence electrons. The normalized spacial score (nSPS) is 12.8. The highest BCUT2D eigenvalue weighted by molar-refractivity contribution is 7.88. The molecule has 0 amide bonds. The van der Waals surface area contributed by atoms with Crippen molar-refractivity contribution in [1.82, 2.24) is 4.31 Å². The molecule has 0 spiro atoms. The predicted molar refractivity (Wildman–Crippen MR) is 54.9 cm³/mol. The molecule has 2 N–H and O–H groups in total. The SMILES string of the molecule is CC(C)CN(CCCN)S(C)(=O)=O. The quantitative estimate of drug-likeness (QED) is 0.680. The molecule has 0 aliphatic rings. The lowest BCUT2D eigenvalue weighted by molar-refractivity contribution is 0.367. The summed E-state index contributed by atoms with van der Waals surface area (Å²) in [5.41, 5.74) is 5.33. The number of hydrogen-bond donors (Lipinski definition) is 1. The zero-order valence-corrected chi connectivity index (χ0v) is 9.47. The van der Waals surface area contributed by atoms with Crippen molar-refractivity contribution in [3.05, 3.63) is 0 Å². The topological polar surface area (TPSA) is 63.4 Å². The van der Waals surface area contributed by atoms with Gasteiger partial charge in [0.15, 0.2) is 0 Å². The zero-order valence-electron chi connectivity index (χ0n) is 8.66. The van der Waals surface area contributed by atoms with E-state index in [0.717, 1.165) is 6.42 Å². The van der Waals surface area contributed by atoms with E-state index in [2.05, 4.69) is 0 Å². The second-order valence-electron chi connectivity index (χ2n) is 3.66. The summed E-state index contributed by atoms with van der Waals surface area (Å²) < 4.78 is 24.0. The van der Waals surface area contributed by atoms with Crippen molar-refractivity contribution in [2.45, 2.75) is 20.3 Å². The summed E-state index contributed by atoms with van der Waals surface area (Å²) in [7, 11) is -3.05. The van der Waals surface area contributed by atoms with Gasteiger partial charge in [-0.25, -0.2) is 12.7 Å². The van der Waals surface area contributed by atoms with Gasteiger partial charge >= 0.3 is 0 Å². The van der Waals surface area contributed by atoms with Crippen LogP contribution < -0.4 is 5.73 Å². The molecule has 0 rings (SSSR count). The molecule has 0 heterocycles. The molecule has 0 unspecified atom stereocenters. The predicted octanol–water partition coefficient (Wildman–Crippen LogP) is 0.253. The van der Waals surface area contributed by atoms with Crippen LogP contribution in [-0.2, 0) is 10.0 Å². The maximum absolute atomic E-state index is 11.3. The molecule has 0 aliphatic heterocycles. The smallest absolute Gasteiger partial charge is 0.211 e. The Labute approximate surface area is 81.2 Å². The van der Waals surface area contributed by atoms with Crippen molar-refractivity contribution in [2.75, 3.05) is 25.9 Å². The maximum Gasteiger partial charge on any atom is 0.211 e. The number of rotatable bonds is 6. The Bertz CT molecular complexity index is 224. The van der Waals surface area contributed by atoms with Gasteiger partial charge in [0.25, 0.3) is 0 Å². The Morgan fingerprint density at radius 3 is 2.23 bits per heavy atom. The van der Waals surface area contributed by atoms with Gasteiger partial charge in [0.1, 0.15) is 0 Å². The average molecular weight is 208 g/mol. The molecule has 0 saturated heterocycles. The van der Waals surface area contributed by atoms with Gasteiger partial charge in [0.2, 0.25) is 10.0 Å². The molecule has 0 bridgehead atoms. The zero-order chi connectivity index (χ0) is 10.5. The van der Waals surface area contributed by atoms with E-state index in [4.69, 9.17) is 5.73 Å². The van der Waals surface area contributed by atoms with Gasteiger partial charge in [-0.1, -0.05) is 13.8 Å². The lowest BCUT2D eigenvalue weighted by Crippen LogP contribution is -2.34. The molecule has 0 atom stereocenters. The van der Waals surface area contributed by atoms with Crippen LogP contribution >= 0.6 is 0 Å². The van der Waals surface area contributed by atoms with Crippen molar-refractivity contribution in [3.63, 3.8) is 0 Å². The van der Waals surface area contributed by atoms with E-state index in [1.165, 1.54) is 10.6 Å². The fraction of sp³-hybridized carbons (Fsp3) is 1.00. The van der Waals surface area contributed by atoms with Crippen molar-refractivity contribution in [3.8, 4) is 0 Å². The summed E-state index contributed by atoms with van der Waals surface area (Å²) in [6, 6.07) is 0. The van der Waals surface area contributed by atoms with Gasteiger partial charge < -0.3 is 5.73 Å². The van der Waals surface area contributed by atoms with Crippen LogP contribution in [0.25, 0.3) is 0 Å². The fourth-order valence-corrected chi connectivity index (χ4v) is 2.10. The number of nitrogens with zero attached hydrogens (tertiary/aromatic N) is 1. The Morgan fingerprint density at radius 1 is 1.38 bits per heavy atom. The third-order valence-corrected chi connectivity index (χ3v) is 2.92. The van der Waals surface area contributed by atoms with E-state index in [1.807, 2.05) is 13.8 Å². The largest absolute Gasteiger partial charge is 0.330 e. The summed E-state index contributed by atoms with van der Waals surface area (Å²) >= 11 is 0. The van der Waals surface area contributed by atoms with Crippen LogP contribution in [0.2, 0.25) is 0 Å². The first-order chi connectivity index (χ1) is 5.88. The standard InChI is InChI=1S/C8H20N2O2S/c1-8(2)7-10(6-4-5-9)13(3,11)12/h8H,4-7,9H2,1-3H3. The molecule has 13 heavy (non-hydrogen) atoms. The maximum atomic E-state index is 11.3. The first-order valence-corrected chi connectivity index (χ1v) is 6.38. The molecule has 0 aromatic carbocycles. The van der Waals surface area contributed by atoms with Crippen LogP contribution in [-0.4, -0.2) is 38.6 Å². The van der Waals surface area contributed by atoms with Crippen LogP contribution in [0, 0.1) is 5.92 Å². The minimum Gasteiger partial charge on any atom is -0.330 e. The van der Waals surface area contributed by atoms with Gasteiger partial charge in [-0.15, -0.1) is 0 Å². The van der Waals surface area contributed by atoms with E-state index in [-0.39, 0.29) is 0 Å². The van der Waals surface area contributed by atoms with Gasteiger partial charge in [0, 0.05) is 13.1 Å². The lowest BCUT2D eigenvalue weighted by Gasteiger charge is -2.21. The third kappa shape index (κ3) is 6.01. The summed E-state index contributed by atoms with van der Waals surface area (Å²) in [6.45, 7) is 5.65. The minimum atomic E-state index is -3.05. The summed E-state index contributed by atoms with van der Waals surface area (Å²) in [4.78, 5) is 0. The van der Waals surface area contributed by atoms with Gasteiger partial charge in [-0.05, 0) is 18.9 Å². The van der Waals surface area contributed by atoms with Crippen LogP contribution in [0.1, 0.15) is 20.3 Å². The Hall–Kier alpha value is -0.130. The summed E-state index contributed by atoms with van der Waals surface area (Å²) in [6.07, 6.45) is 1.96. The van der Waals surface area contributed by atoms with Gasteiger partial charge in [-0.2, -0.15) is 0 Å². The molecule has 0 saturated carbocycles. The summed E-state index contributed by atoms with van der Waals surface area (Å²) in [5, 5.41) is 0. The monoisotopic (exact) mass is 208 g/mol. The molecule has 5 heteroatoms. The van der Waals surface area contributed by atoms with Gasteiger partial charge in [0.05, 0.1) is 6.26 Å². The highest BCUT2D eigenvalue weighted by Gasteiger charge is 2.16. The molecule has 0 radical (unpaired) electrons. The lowest BCUT2D eigenvalue weighted by atomic mass is 10.2. The molecule has 0 aromatic rings. The highest BCUT2D eigenvalue weighted by Crippen LogP contribution is 2.04. The van der Waals surface area contributed by atoms with E-state index in [9.17, 15) is 8.42 Å². The van der Waals surface area contributed by atoms with Crippen molar-refractivity contribution < 1.29 is 8.42 Å². The van der Waals surface area contributed by atoms with Crippen molar-refractivity contribution in [1.29, 1.82) is 0 Å². The number of sulfonamides is 1. The van der Waals surface area contributed by atoms with Crippen molar-refractivity contribution in [2.24, 2.45) is 11.7 Å². The molecule has 0 fully saturated rings. The Kier molecular flexibility index (Phi) is 5.51. The second-order valence-corrected chi connectivity index (χ2v) is 5.64. The molecular weight excluding hydrogens is 188 g/mol. The Balaban J connectivity index is 4.21. The van der Waals surface area contributed by atoms with Crippen LogP contribution in [0.15, 0.2) is 0 Å².